The maximum atomic E-state index is 4.77. The van der Waals surface area contributed by atoms with Crippen LogP contribution in [0.3, 0.4) is 0 Å². The van der Waals surface area contributed by atoms with Crippen LogP contribution in [0.2, 0.25) is 0 Å². The van der Waals surface area contributed by atoms with Gasteiger partial charge < -0.3 is 9.88 Å². The lowest BCUT2D eigenvalue weighted by molar-refractivity contribution is 0.644. The zero-order chi connectivity index (χ0) is 13.5. The number of nitrogens with zero attached hydrogens (tertiary/aromatic N) is 2. The molecule has 100 valence electrons. The second-order valence-corrected chi connectivity index (χ2v) is 5.39. The number of para-hydroxylation sites is 2. The molecule has 3 heteroatoms. The van der Waals surface area contributed by atoms with Gasteiger partial charge >= 0.3 is 0 Å². The van der Waals surface area contributed by atoms with Crippen LogP contribution < -0.4 is 5.32 Å². The summed E-state index contributed by atoms with van der Waals surface area (Å²) in [6.45, 7) is 2.05. The smallest absolute Gasteiger partial charge is 0.140 e. The Bertz CT molecular complexity index is 786. The highest BCUT2D eigenvalue weighted by molar-refractivity contribution is 5.80. The van der Waals surface area contributed by atoms with Crippen LogP contribution >= 0.6 is 0 Å². The van der Waals surface area contributed by atoms with Crippen molar-refractivity contribution in [2.75, 3.05) is 6.54 Å². The van der Waals surface area contributed by atoms with Gasteiger partial charge in [0, 0.05) is 19.2 Å². The fourth-order valence-electron chi connectivity index (χ4n) is 3.02. The van der Waals surface area contributed by atoms with E-state index in [0.717, 1.165) is 30.9 Å². The molecule has 0 aliphatic carbocycles. The van der Waals surface area contributed by atoms with Crippen molar-refractivity contribution in [3.8, 4) is 11.4 Å². The molecule has 0 spiro atoms. The number of benzene rings is 2. The first-order valence-corrected chi connectivity index (χ1v) is 7.07. The van der Waals surface area contributed by atoms with Crippen LogP contribution in [0.4, 0.5) is 0 Å². The number of aryl methyl sites for hydroxylation is 1. The van der Waals surface area contributed by atoms with E-state index in [-0.39, 0.29) is 0 Å². The first-order valence-electron chi connectivity index (χ1n) is 7.07. The predicted molar refractivity (Wildman–Crippen MR) is 81.6 cm³/mol. The summed E-state index contributed by atoms with van der Waals surface area (Å²) in [6, 6.07) is 15.0. The Morgan fingerprint density at radius 1 is 1.10 bits per heavy atom. The predicted octanol–water partition coefficient (Wildman–Crippen LogP) is 2.89. The molecular weight excluding hydrogens is 246 g/mol. The molecule has 1 aliphatic rings. The Morgan fingerprint density at radius 3 is 2.90 bits per heavy atom. The van der Waals surface area contributed by atoms with Crippen molar-refractivity contribution in [3.63, 3.8) is 0 Å². The lowest BCUT2D eigenvalue weighted by Crippen LogP contribution is -2.23. The van der Waals surface area contributed by atoms with Gasteiger partial charge in [0.15, 0.2) is 0 Å². The summed E-state index contributed by atoms with van der Waals surface area (Å²) >= 11 is 0. The van der Waals surface area contributed by atoms with Crippen LogP contribution in [0.25, 0.3) is 22.4 Å². The first kappa shape index (κ1) is 11.7. The Labute approximate surface area is 118 Å². The number of imidazole rings is 1. The van der Waals surface area contributed by atoms with Gasteiger partial charge in [-0.3, -0.25) is 0 Å². The van der Waals surface area contributed by atoms with Crippen molar-refractivity contribution < 1.29 is 0 Å². The number of hydrogen-bond acceptors (Lipinski definition) is 2. The van der Waals surface area contributed by atoms with Crippen molar-refractivity contribution >= 4 is 11.0 Å². The standard InChI is InChI=1S/C17H17N3/c1-20-16-5-3-2-4-15(16)19-17(20)13-7-6-12-8-9-18-11-14(12)10-13/h2-7,10,18H,8-9,11H2,1H3. The second-order valence-electron chi connectivity index (χ2n) is 5.39. The molecule has 0 radical (unpaired) electrons. The van der Waals surface area contributed by atoms with E-state index in [1.807, 2.05) is 6.07 Å². The van der Waals surface area contributed by atoms with E-state index in [2.05, 4.69) is 53.3 Å². The highest BCUT2D eigenvalue weighted by Gasteiger charge is 2.13. The molecule has 1 N–H and O–H groups in total. The van der Waals surface area contributed by atoms with Crippen LogP contribution in [0.15, 0.2) is 42.5 Å². The van der Waals surface area contributed by atoms with Crippen LogP contribution in [0, 0.1) is 0 Å². The van der Waals surface area contributed by atoms with Crippen LogP contribution in [-0.2, 0) is 20.0 Å². The maximum Gasteiger partial charge on any atom is 0.140 e. The molecular formula is C17H17N3. The number of fused-ring (bicyclic) bond motifs is 2. The highest BCUT2D eigenvalue weighted by Crippen LogP contribution is 2.26. The van der Waals surface area contributed by atoms with E-state index in [9.17, 15) is 0 Å². The second kappa shape index (κ2) is 4.46. The molecule has 1 aromatic heterocycles. The van der Waals surface area contributed by atoms with Crippen LogP contribution in [0.1, 0.15) is 11.1 Å². The fourth-order valence-corrected chi connectivity index (χ4v) is 3.02. The van der Waals surface area contributed by atoms with Gasteiger partial charge in [-0.25, -0.2) is 4.98 Å². The van der Waals surface area contributed by atoms with Gasteiger partial charge in [0.1, 0.15) is 5.82 Å². The topological polar surface area (TPSA) is 29.9 Å². The summed E-state index contributed by atoms with van der Waals surface area (Å²) < 4.78 is 2.17. The maximum absolute atomic E-state index is 4.77. The summed E-state index contributed by atoms with van der Waals surface area (Å²) in [5.41, 5.74) is 6.30. The number of rotatable bonds is 1. The summed E-state index contributed by atoms with van der Waals surface area (Å²) in [7, 11) is 2.09. The molecule has 0 saturated carbocycles. The van der Waals surface area contributed by atoms with E-state index in [0.29, 0.717) is 0 Å². The van der Waals surface area contributed by atoms with Crippen LogP contribution in [-0.4, -0.2) is 16.1 Å². The Kier molecular flexibility index (Phi) is 2.60. The Morgan fingerprint density at radius 2 is 2.00 bits per heavy atom. The summed E-state index contributed by atoms with van der Waals surface area (Å²) in [4.78, 5) is 4.77. The fraction of sp³-hybridized carbons (Fsp3) is 0.235. The molecule has 0 bridgehead atoms. The monoisotopic (exact) mass is 263 g/mol. The molecule has 0 amide bonds. The van der Waals surface area contributed by atoms with E-state index in [4.69, 9.17) is 4.98 Å². The van der Waals surface area contributed by atoms with Gasteiger partial charge in [-0.2, -0.15) is 0 Å². The van der Waals surface area contributed by atoms with Crippen molar-refractivity contribution in [1.29, 1.82) is 0 Å². The molecule has 2 heterocycles. The third-order valence-electron chi connectivity index (χ3n) is 4.14. The minimum absolute atomic E-state index is 0.965. The molecule has 0 unspecified atom stereocenters. The molecule has 0 atom stereocenters. The van der Waals surface area contributed by atoms with E-state index >= 15 is 0 Å². The normalized spacial score (nSPS) is 14.4. The lowest BCUT2D eigenvalue weighted by atomic mass is 9.98. The van der Waals surface area contributed by atoms with Gasteiger partial charge in [-0.1, -0.05) is 24.3 Å². The zero-order valence-corrected chi connectivity index (χ0v) is 11.6. The average Bonchev–Trinajstić information content (AvgIpc) is 2.84. The lowest BCUT2D eigenvalue weighted by Gasteiger charge is -2.17. The third kappa shape index (κ3) is 1.74. The number of hydrogen-bond donors (Lipinski definition) is 1. The van der Waals surface area contributed by atoms with Crippen molar-refractivity contribution in [2.45, 2.75) is 13.0 Å². The average molecular weight is 263 g/mol. The number of aromatic nitrogens is 2. The quantitative estimate of drug-likeness (QED) is 0.731. The molecule has 2 aromatic carbocycles. The van der Waals surface area contributed by atoms with Gasteiger partial charge in [-0.15, -0.1) is 0 Å². The van der Waals surface area contributed by atoms with Crippen molar-refractivity contribution in [2.24, 2.45) is 7.05 Å². The molecule has 3 aromatic rings. The molecule has 0 saturated heterocycles. The van der Waals surface area contributed by atoms with Gasteiger partial charge in [0.25, 0.3) is 0 Å². The Balaban J connectivity index is 1.88. The number of nitrogens with one attached hydrogen (secondary N) is 1. The zero-order valence-electron chi connectivity index (χ0n) is 11.6. The molecule has 0 fully saturated rings. The van der Waals surface area contributed by atoms with E-state index < -0.39 is 0 Å². The minimum atomic E-state index is 0.965. The molecule has 1 aliphatic heterocycles. The van der Waals surface area contributed by atoms with Crippen molar-refractivity contribution in [3.05, 3.63) is 53.6 Å². The summed E-state index contributed by atoms with van der Waals surface area (Å²) in [5, 5.41) is 3.43. The van der Waals surface area contributed by atoms with Crippen LogP contribution in [0.5, 0.6) is 0 Å². The molecule has 20 heavy (non-hydrogen) atoms. The third-order valence-corrected chi connectivity index (χ3v) is 4.14. The van der Waals surface area contributed by atoms with Crippen molar-refractivity contribution in [1.82, 2.24) is 14.9 Å². The Hall–Kier alpha value is -2.13. The SMILES string of the molecule is Cn1c(-c2ccc3c(c2)CNCC3)nc2ccccc21. The van der Waals surface area contributed by atoms with Gasteiger partial charge in [-0.05, 0) is 42.3 Å². The summed E-state index contributed by atoms with van der Waals surface area (Å²) in [6.07, 6.45) is 1.12. The molecule has 4 rings (SSSR count). The molecule has 3 nitrogen and oxygen atoms in total. The summed E-state index contributed by atoms with van der Waals surface area (Å²) in [5.74, 6) is 1.04. The first-order chi connectivity index (χ1) is 9.83. The van der Waals surface area contributed by atoms with Gasteiger partial charge in [0.2, 0.25) is 0 Å². The highest BCUT2D eigenvalue weighted by atomic mass is 15.1. The largest absolute Gasteiger partial charge is 0.327 e. The van der Waals surface area contributed by atoms with E-state index in [1.165, 1.54) is 22.2 Å². The van der Waals surface area contributed by atoms with E-state index in [1.54, 1.807) is 0 Å². The minimum Gasteiger partial charge on any atom is -0.327 e. The van der Waals surface area contributed by atoms with Gasteiger partial charge in [0.05, 0.1) is 11.0 Å².